The highest BCUT2D eigenvalue weighted by atomic mass is 32.1. The van der Waals surface area contributed by atoms with Crippen LogP contribution < -0.4 is 10.1 Å². The second-order valence-corrected chi connectivity index (χ2v) is 6.82. The second-order valence-electron chi connectivity index (χ2n) is 5.97. The number of benzene rings is 2. The molecule has 0 atom stereocenters. The quantitative estimate of drug-likeness (QED) is 0.562. The van der Waals surface area contributed by atoms with Crippen LogP contribution in [0.3, 0.4) is 0 Å². The Labute approximate surface area is 171 Å². The minimum Gasteiger partial charge on any atom is -0.493 e. The highest BCUT2D eigenvalue weighted by molar-refractivity contribution is 7.13. The molecule has 3 rings (SSSR count). The average Bonchev–Trinajstić information content (AvgIpc) is 3.17. The molecule has 0 radical (unpaired) electrons. The van der Waals surface area contributed by atoms with Gasteiger partial charge in [0.15, 0.2) is 6.61 Å². The van der Waals surface area contributed by atoms with Gasteiger partial charge in [0.25, 0.3) is 5.91 Å². The molecule has 0 unspecified atom stereocenters. The van der Waals surface area contributed by atoms with E-state index in [4.69, 9.17) is 9.47 Å². The van der Waals surface area contributed by atoms with Gasteiger partial charge in [-0.3, -0.25) is 9.59 Å². The Morgan fingerprint density at radius 3 is 2.66 bits per heavy atom. The van der Waals surface area contributed by atoms with Crippen LogP contribution in [0.1, 0.15) is 12.6 Å². The highest BCUT2D eigenvalue weighted by Gasteiger charge is 2.14. The molecule has 0 saturated carbocycles. The summed E-state index contributed by atoms with van der Waals surface area (Å²) in [7, 11) is 0. The molecule has 6 nitrogen and oxygen atoms in total. The first-order valence-corrected chi connectivity index (χ1v) is 9.80. The number of halogens is 1. The van der Waals surface area contributed by atoms with Crippen molar-refractivity contribution >= 4 is 28.9 Å². The Bertz CT molecular complexity index is 988. The molecule has 1 N–H and O–H groups in total. The largest absolute Gasteiger partial charge is 0.493 e. The van der Waals surface area contributed by atoms with E-state index >= 15 is 0 Å². The van der Waals surface area contributed by atoms with Crippen molar-refractivity contribution in [3.8, 4) is 16.3 Å². The average molecular weight is 414 g/mol. The summed E-state index contributed by atoms with van der Waals surface area (Å²) in [4.78, 5) is 28.3. The van der Waals surface area contributed by atoms with E-state index in [0.29, 0.717) is 18.0 Å². The molecular weight excluding hydrogens is 395 g/mol. The zero-order valence-electron chi connectivity index (χ0n) is 15.7. The Morgan fingerprint density at radius 2 is 1.90 bits per heavy atom. The number of hydrogen-bond acceptors (Lipinski definition) is 6. The van der Waals surface area contributed by atoms with Crippen molar-refractivity contribution < 1.29 is 23.5 Å². The summed E-state index contributed by atoms with van der Waals surface area (Å²) >= 11 is 1.40. The number of amides is 1. The number of para-hydroxylation sites is 1. The van der Waals surface area contributed by atoms with Crippen LogP contribution in [0, 0.1) is 5.82 Å². The van der Waals surface area contributed by atoms with Crippen LogP contribution in [0.2, 0.25) is 0 Å². The molecule has 3 aromatic rings. The third-order valence-electron chi connectivity index (χ3n) is 3.79. The number of anilines is 1. The molecular formula is C21H19FN2O4S. The van der Waals surface area contributed by atoms with Crippen molar-refractivity contribution in [2.24, 2.45) is 0 Å². The number of esters is 1. The van der Waals surface area contributed by atoms with Crippen molar-refractivity contribution in [1.29, 1.82) is 0 Å². The van der Waals surface area contributed by atoms with E-state index in [0.717, 1.165) is 16.3 Å². The number of aromatic nitrogens is 1. The number of carbonyl (C=O) groups is 2. The van der Waals surface area contributed by atoms with E-state index in [-0.39, 0.29) is 6.42 Å². The third-order valence-corrected chi connectivity index (χ3v) is 4.71. The van der Waals surface area contributed by atoms with Crippen molar-refractivity contribution in [2.75, 3.05) is 18.5 Å². The summed E-state index contributed by atoms with van der Waals surface area (Å²) in [5, 5.41) is 5.04. The fourth-order valence-corrected chi connectivity index (χ4v) is 3.36. The van der Waals surface area contributed by atoms with Gasteiger partial charge in [-0.05, 0) is 43.3 Å². The molecule has 0 aliphatic heterocycles. The van der Waals surface area contributed by atoms with Gasteiger partial charge < -0.3 is 14.8 Å². The van der Waals surface area contributed by atoms with Crippen LogP contribution in [-0.2, 0) is 20.7 Å². The molecule has 0 aliphatic rings. The van der Waals surface area contributed by atoms with E-state index in [2.05, 4.69) is 10.3 Å². The van der Waals surface area contributed by atoms with Crippen LogP contribution in [0.4, 0.5) is 10.1 Å². The molecule has 0 aliphatic carbocycles. The van der Waals surface area contributed by atoms with Crippen LogP contribution in [0.5, 0.6) is 5.75 Å². The predicted octanol–water partition coefficient (Wildman–Crippen LogP) is 4.07. The fraction of sp³-hybridized carbons (Fsp3) is 0.190. The summed E-state index contributed by atoms with van der Waals surface area (Å²) in [6.07, 6.45) is -0.0445. The number of nitrogens with one attached hydrogen (secondary N) is 1. The third kappa shape index (κ3) is 5.86. The normalized spacial score (nSPS) is 10.4. The lowest BCUT2D eigenvalue weighted by Gasteiger charge is -2.07. The van der Waals surface area contributed by atoms with E-state index in [1.807, 2.05) is 31.2 Å². The molecule has 0 fully saturated rings. The number of hydrogen-bond donors (Lipinski definition) is 1. The predicted molar refractivity (Wildman–Crippen MR) is 108 cm³/mol. The van der Waals surface area contributed by atoms with Crippen LogP contribution in [0.25, 0.3) is 10.6 Å². The minimum absolute atomic E-state index is 0.0445. The second kappa shape index (κ2) is 9.79. The lowest BCUT2D eigenvalue weighted by Crippen LogP contribution is -2.21. The van der Waals surface area contributed by atoms with Gasteiger partial charge in [-0.15, -0.1) is 11.3 Å². The first-order chi connectivity index (χ1) is 14.0. The summed E-state index contributed by atoms with van der Waals surface area (Å²) in [5.74, 6) is -0.736. The summed E-state index contributed by atoms with van der Waals surface area (Å²) in [6.45, 7) is 2.02. The van der Waals surface area contributed by atoms with Crippen molar-refractivity contribution in [1.82, 2.24) is 4.98 Å². The smallest absolute Gasteiger partial charge is 0.312 e. The monoisotopic (exact) mass is 414 g/mol. The Kier molecular flexibility index (Phi) is 6.91. The van der Waals surface area contributed by atoms with E-state index in [1.165, 1.54) is 35.6 Å². The highest BCUT2D eigenvalue weighted by Crippen LogP contribution is 2.32. The maximum absolute atomic E-state index is 12.9. The van der Waals surface area contributed by atoms with Gasteiger partial charge in [-0.1, -0.05) is 12.1 Å². The molecule has 1 amide bonds. The van der Waals surface area contributed by atoms with E-state index < -0.39 is 24.3 Å². The van der Waals surface area contributed by atoms with Gasteiger partial charge in [-0.25, -0.2) is 9.37 Å². The van der Waals surface area contributed by atoms with Crippen LogP contribution in [-0.4, -0.2) is 30.1 Å². The molecule has 0 bridgehead atoms. The van der Waals surface area contributed by atoms with Crippen LogP contribution in [0.15, 0.2) is 53.9 Å². The van der Waals surface area contributed by atoms with E-state index in [1.54, 1.807) is 5.38 Å². The topological polar surface area (TPSA) is 77.5 Å². The number of carbonyl (C=O) groups excluding carboxylic acids is 2. The molecule has 8 heteroatoms. The first kappa shape index (κ1) is 20.5. The first-order valence-electron chi connectivity index (χ1n) is 8.93. The maximum Gasteiger partial charge on any atom is 0.312 e. The fourth-order valence-electron chi connectivity index (χ4n) is 2.51. The van der Waals surface area contributed by atoms with Gasteiger partial charge in [0.05, 0.1) is 24.3 Å². The number of nitrogens with zero attached hydrogens (tertiary/aromatic N) is 1. The van der Waals surface area contributed by atoms with Gasteiger partial charge >= 0.3 is 5.97 Å². The van der Waals surface area contributed by atoms with Crippen molar-refractivity contribution in [3.63, 3.8) is 0 Å². The molecule has 0 spiro atoms. The van der Waals surface area contributed by atoms with Crippen molar-refractivity contribution in [2.45, 2.75) is 13.3 Å². The van der Waals surface area contributed by atoms with Gasteiger partial charge in [0.1, 0.15) is 16.6 Å². The number of rotatable bonds is 8. The molecule has 1 aromatic heterocycles. The molecule has 29 heavy (non-hydrogen) atoms. The maximum atomic E-state index is 12.9. The molecule has 0 saturated heterocycles. The van der Waals surface area contributed by atoms with Gasteiger partial charge in [0, 0.05) is 11.1 Å². The van der Waals surface area contributed by atoms with Crippen molar-refractivity contribution in [3.05, 3.63) is 65.4 Å². The van der Waals surface area contributed by atoms with Gasteiger partial charge in [-0.2, -0.15) is 0 Å². The number of thiazole rings is 1. The Hall–Kier alpha value is -3.26. The summed E-state index contributed by atoms with van der Waals surface area (Å²) < 4.78 is 23.5. The molecule has 2 aromatic carbocycles. The SMILES string of the molecule is CCOc1ccccc1-c1nc(CC(=O)OCC(=O)Nc2ccc(F)cc2)cs1. The minimum atomic E-state index is -0.561. The standard InChI is InChI=1S/C21H19FN2O4S/c1-2-27-18-6-4-3-5-17(18)21-24-16(13-29-21)11-20(26)28-12-19(25)23-15-9-7-14(22)8-10-15/h3-10,13H,2,11-12H2,1H3,(H,23,25). The zero-order chi connectivity index (χ0) is 20.6. The van der Waals surface area contributed by atoms with Gasteiger partial charge in [0.2, 0.25) is 0 Å². The Morgan fingerprint density at radius 1 is 1.14 bits per heavy atom. The molecule has 150 valence electrons. The Balaban J connectivity index is 1.52. The molecule has 1 heterocycles. The number of ether oxygens (including phenoxy) is 2. The summed E-state index contributed by atoms with van der Waals surface area (Å²) in [6, 6.07) is 12.9. The zero-order valence-corrected chi connectivity index (χ0v) is 16.5. The summed E-state index contributed by atoms with van der Waals surface area (Å²) in [5.41, 5.74) is 1.84. The lowest BCUT2D eigenvalue weighted by atomic mass is 10.2. The van der Waals surface area contributed by atoms with Crippen LogP contribution >= 0.6 is 11.3 Å². The lowest BCUT2D eigenvalue weighted by molar-refractivity contribution is -0.146. The van der Waals surface area contributed by atoms with E-state index in [9.17, 15) is 14.0 Å².